The molecular formula is C12H15Br2NOS2. The minimum atomic E-state index is 0.158. The number of thioether (sulfide) groups is 1. The normalized spacial score (nSPS) is 20.8. The van der Waals surface area contributed by atoms with E-state index in [1.165, 1.54) is 6.42 Å². The van der Waals surface area contributed by atoms with Crippen molar-refractivity contribution in [2.45, 2.75) is 24.5 Å². The predicted octanol–water partition coefficient (Wildman–Crippen LogP) is 4.63. The van der Waals surface area contributed by atoms with Gasteiger partial charge in [0.25, 0.3) is 5.91 Å². The third kappa shape index (κ3) is 3.52. The largest absolute Gasteiger partial charge is 0.339 e. The van der Waals surface area contributed by atoms with Crippen LogP contribution in [-0.4, -0.2) is 35.4 Å². The van der Waals surface area contributed by atoms with Gasteiger partial charge in [-0.3, -0.25) is 4.79 Å². The lowest BCUT2D eigenvalue weighted by Gasteiger charge is -2.20. The highest BCUT2D eigenvalue weighted by molar-refractivity contribution is 9.12. The number of likely N-dealkylation sites (tertiary alicyclic amines) is 1. The summed E-state index contributed by atoms with van der Waals surface area (Å²) in [5.74, 6) is 0.158. The molecule has 1 aliphatic rings. The van der Waals surface area contributed by atoms with Gasteiger partial charge in [0.05, 0.1) is 13.1 Å². The van der Waals surface area contributed by atoms with Crippen LogP contribution in [0.3, 0.4) is 0 Å². The molecule has 1 unspecified atom stereocenters. The third-order valence-corrected chi connectivity index (χ3v) is 6.66. The zero-order chi connectivity index (χ0) is 13.1. The molecule has 0 spiro atoms. The lowest BCUT2D eigenvalue weighted by molar-refractivity contribution is 0.0761. The molecule has 0 aliphatic carbocycles. The van der Waals surface area contributed by atoms with Crippen LogP contribution in [0.4, 0.5) is 0 Å². The molecule has 18 heavy (non-hydrogen) atoms. The lowest BCUT2D eigenvalue weighted by Crippen LogP contribution is -2.32. The van der Waals surface area contributed by atoms with Gasteiger partial charge in [0.1, 0.15) is 0 Å². The summed E-state index contributed by atoms with van der Waals surface area (Å²) in [4.78, 5) is 14.5. The van der Waals surface area contributed by atoms with Gasteiger partial charge in [0, 0.05) is 18.3 Å². The van der Waals surface area contributed by atoms with Gasteiger partial charge < -0.3 is 4.90 Å². The van der Waals surface area contributed by atoms with Crippen molar-refractivity contribution in [2.75, 3.05) is 19.3 Å². The molecule has 0 saturated carbocycles. The molecule has 2 rings (SSSR count). The van der Waals surface area contributed by atoms with Crippen LogP contribution in [0.25, 0.3) is 0 Å². The Morgan fingerprint density at radius 1 is 1.44 bits per heavy atom. The summed E-state index contributed by atoms with van der Waals surface area (Å²) in [6, 6.07) is 1.91. The summed E-state index contributed by atoms with van der Waals surface area (Å²) in [6.45, 7) is 1.76. The molecule has 2 nitrogen and oxygen atoms in total. The fourth-order valence-electron chi connectivity index (χ4n) is 2.16. The molecule has 1 amide bonds. The molecule has 1 saturated heterocycles. The first-order chi connectivity index (χ1) is 8.61. The van der Waals surface area contributed by atoms with Crippen LogP contribution >= 0.6 is 55.0 Å². The molecule has 0 bridgehead atoms. The summed E-state index contributed by atoms with van der Waals surface area (Å²) in [6.07, 6.45) is 5.60. The summed E-state index contributed by atoms with van der Waals surface area (Å²) in [5.41, 5.74) is 0.787. The number of hydrogen-bond acceptors (Lipinski definition) is 3. The van der Waals surface area contributed by atoms with Gasteiger partial charge in [0.15, 0.2) is 0 Å². The molecule has 0 N–H and O–H groups in total. The topological polar surface area (TPSA) is 20.3 Å². The van der Waals surface area contributed by atoms with Crippen LogP contribution < -0.4 is 0 Å². The van der Waals surface area contributed by atoms with E-state index < -0.39 is 0 Å². The third-order valence-electron chi connectivity index (χ3n) is 3.18. The SMILES string of the molecule is CSC1CCCN(C(=O)c2cc(Br)sc2Br)CC1. The number of nitrogens with zero attached hydrogens (tertiary/aromatic N) is 1. The predicted molar refractivity (Wildman–Crippen MR) is 86.8 cm³/mol. The van der Waals surface area contributed by atoms with Crippen LogP contribution in [0, 0.1) is 0 Å². The smallest absolute Gasteiger partial charge is 0.255 e. The Hall–Kier alpha value is 0.480. The molecule has 1 aromatic rings. The molecular weight excluding hydrogens is 398 g/mol. The van der Waals surface area contributed by atoms with E-state index in [0.717, 1.165) is 39.1 Å². The van der Waals surface area contributed by atoms with Crippen LogP contribution in [0.2, 0.25) is 0 Å². The van der Waals surface area contributed by atoms with E-state index in [4.69, 9.17) is 0 Å². The van der Waals surface area contributed by atoms with Gasteiger partial charge in [0.2, 0.25) is 0 Å². The van der Waals surface area contributed by atoms with Crippen LogP contribution in [0.15, 0.2) is 13.6 Å². The quantitative estimate of drug-likeness (QED) is 0.705. The highest BCUT2D eigenvalue weighted by Gasteiger charge is 2.23. The number of carbonyl (C=O) groups excluding carboxylic acids is 1. The van der Waals surface area contributed by atoms with Crippen molar-refractivity contribution in [3.05, 3.63) is 19.2 Å². The van der Waals surface area contributed by atoms with E-state index in [1.807, 2.05) is 22.7 Å². The second-order valence-corrected chi connectivity index (χ2v) is 9.21. The van der Waals surface area contributed by atoms with Crippen molar-refractivity contribution in [2.24, 2.45) is 0 Å². The van der Waals surface area contributed by atoms with Crippen molar-refractivity contribution < 1.29 is 4.79 Å². The molecule has 1 aliphatic heterocycles. The summed E-state index contributed by atoms with van der Waals surface area (Å²) in [5, 5.41) is 0.709. The second-order valence-electron chi connectivity index (χ2n) is 4.32. The lowest BCUT2D eigenvalue weighted by atomic mass is 10.2. The Labute approximate surface area is 133 Å². The maximum Gasteiger partial charge on any atom is 0.255 e. The van der Waals surface area contributed by atoms with Crippen molar-refractivity contribution in [3.63, 3.8) is 0 Å². The van der Waals surface area contributed by atoms with Gasteiger partial charge in [-0.15, -0.1) is 11.3 Å². The van der Waals surface area contributed by atoms with Crippen molar-refractivity contribution in [1.82, 2.24) is 4.90 Å². The Morgan fingerprint density at radius 3 is 2.83 bits per heavy atom. The first kappa shape index (κ1) is 14.9. The standard InChI is InChI=1S/C12H15Br2NOS2/c1-17-8-3-2-5-15(6-4-8)12(16)9-7-10(13)18-11(9)14/h7-8H,2-6H2,1H3. The molecule has 0 aromatic carbocycles. The van der Waals surface area contributed by atoms with Crippen LogP contribution in [0.5, 0.6) is 0 Å². The number of carbonyl (C=O) groups is 1. The Bertz CT molecular complexity index is 436. The van der Waals surface area contributed by atoms with E-state index in [-0.39, 0.29) is 5.91 Å². The first-order valence-electron chi connectivity index (χ1n) is 5.88. The minimum Gasteiger partial charge on any atom is -0.339 e. The first-order valence-corrected chi connectivity index (χ1v) is 9.57. The van der Waals surface area contributed by atoms with Gasteiger partial charge in [-0.1, -0.05) is 0 Å². The molecule has 6 heteroatoms. The average Bonchev–Trinajstić information content (AvgIpc) is 2.56. The zero-order valence-electron chi connectivity index (χ0n) is 10.1. The van der Waals surface area contributed by atoms with Gasteiger partial charge in [-0.05, 0) is 63.4 Å². The average molecular weight is 413 g/mol. The van der Waals surface area contributed by atoms with Crippen LogP contribution in [-0.2, 0) is 0 Å². The number of halogens is 2. The monoisotopic (exact) mass is 411 g/mol. The fraction of sp³-hybridized carbons (Fsp3) is 0.583. The van der Waals surface area contributed by atoms with E-state index >= 15 is 0 Å². The molecule has 2 heterocycles. The molecule has 1 fully saturated rings. The number of rotatable bonds is 2. The Balaban J connectivity index is 2.07. The maximum absolute atomic E-state index is 12.5. The second kappa shape index (κ2) is 6.77. The van der Waals surface area contributed by atoms with Crippen LogP contribution in [0.1, 0.15) is 29.6 Å². The van der Waals surface area contributed by atoms with E-state index in [2.05, 4.69) is 38.1 Å². The van der Waals surface area contributed by atoms with Crippen molar-refractivity contribution in [1.29, 1.82) is 0 Å². The van der Waals surface area contributed by atoms with Gasteiger partial charge >= 0.3 is 0 Å². The molecule has 100 valence electrons. The molecule has 0 radical (unpaired) electrons. The Kier molecular flexibility index (Phi) is 5.60. The van der Waals surface area contributed by atoms with Crippen molar-refractivity contribution in [3.8, 4) is 0 Å². The highest BCUT2D eigenvalue weighted by atomic mass is 79.9. The number of thiophene rings is 1. The summed E-state index contributed by atoms with van der Waals surface area (Å²) in [7, 11) is 0. The fourth-order valence-corrected chi connectivity index (χ4v) is 5.68. The highest BCUT2D eigenvalue weighted by Crippen LogP contribution is 2.33. The summed E-state index contributed by atoms with van der Waals surface area (Å²) < 4.78 is 1.92. The van der Waals surface area contributed by atoms with E-state index in [9.17, 15) is 4.79 Å². The number of amides is 1. The Morgan fingerprint density at radius 2 is 2.22 bits per heavy atom. The minimum absolute atomic E-state index is 0.158. The van der Waals surface area contributed by atoms with E-state index in [1.54, 1.807) is 11.3 Å². The maximum atomic E-state index is 12.5. The zero-order valence-corrected chi connectivity index (χ0v) is 14.9. The van der Waals surface area contributed by atoms with Crippen molar-refractivity contribution >= 4 is 60.9 Å². The van der Waals surface area contributed by atoms with E-state index in [0.29, 0.717) is 5.25 Å². The van der Waals surface area contributed by atoms with Gasteiger partial charge in [-0.2, -0.15) is 11.8 Å². The van der Waals surface area contributed by atoms with Gasteiger partial charge in [-0.25, -0.2) is 0 Å². The molecule has 1 aromatic heterocycles. The number of hydrogen-bond donors (Lipinski definition) is 0. The summed E-state index contributed by atoms with van der Waals surface area (Å²) >= 11 is 10.4. The molecule has 1 atom stereocenters.